The highest BCUT2D eigenvalue weighted by Gasteiger charge is 2.39. The van der Waals surface area contributed by atoms with Gasteiger partial charge in [0.15, 0.2) is 0 Å². The second-order valence-electron chi connectivity index (χ2n) is 7.00. The van der Waals surface area contributed by atoms with E-state index in [1.165, 1.54) is 0 Å². The standard InChI is InChI=1S/C16H25BrN2O2/c1-5-12-14(17)13(19(4)18-12)8-10-9-16(2,3)7-6-11(10)15(20)21/h10-11H,5-9H2,1-4H3,(H,20,21). The van der Waals surface area contributed by atoms with Crippen LogP contribution in [0, 0.1) is 17.3 Å². The number of carbonyl (C=O) groups is 1. The molecule has 2 atom stereocenters. The second-order valence-corrected chi connectivity index (χ2v) is 7.79. The van der Waals surface area contributed by atoms with E-state index in [0.717, 1.165) is 48.0 Å². The monoisotopic (exact) mass is 356 g/mol. The molecule has 0 radical (unpaired) electrons. The topological polar surface area (TPSA) is 55.1 Å². The molecule has 1 N–H and O–H groups in total. The minimum absolute atomic E-state index is 0.183. The van der Waals surface area contributed by atoms with Crippen LogP contribution in [0.3, 0.4) is 0 Å². The zero-order valence-corrected chi connectivity index (χ0v) is 14.9. The Hall–Kier alpha value is -0.840. The summed E-state index contributed by atoms with van der Waals surface area (Å²) in [7, 11) is 1.95. The van der Waals surface area contributed by atoms with Crippen molar-refractivity contribution in [2.75, 3.05) is 0 Å². The molecule has 21 heavy (non-hydrogen) atoms. The molecule has 0 saturated heterocycles. The van der Waals surface area contributed by atoms with Gasteiger partial charge in [0.25, 0.3) is 0 Å². The summed E-state index contributed by atoms with van der Waals surface area (Å²) in [6.07, 6.45) is 4.40. The summed E-state index contributed by atoms with van der Waals surface area (Å²) in [6.45, 7) is 6.57. The van der Waals surface area contributed by atoms with Crippen LogP contribution in [0.2, 0.25) is 0 Å². The molecule has 1 heterocycles. The van der Waals surface area contributed by atoms with Gasteiger partial charge in [-0.1, -0.05) is 20.8 Å². The molecule has 0 aliphatic heterocycles. The average Bonchev–Trinajstić information content (AvgIpc) is 2.65. The van der Waals surface area contributed by atoms with Crippen LogP contribution in [0.1, 0.15) is 51.4 Å². The fraction of sp³-hybridized carbons (Fsp3) is 0.750. The number of aliphatic carboxylic acids is 1. The van der Waals surface area contributed by atoms with Crippen molar-refractivity contribution in [2.45, 2.75) is 52.9 Å². The van der Waals surface area contributed by atoms with Crippen molar-refractivity contribution in [3.05, 3.63) is 15.9 Å². The minimum atomic E-state index is -0.649. The van der Waals surface area contributed by atoms with Gasteiger partial charge in [-0.05, 0) is 59.4 Å². The number of aryl methyl sites for hydroxylation is 2. The van der Waals surface area contributed by atoms with E-state index in [0.29, 0.717) is 0 Å². The third-order valence-corrected chi connectivity index (χ3v) is 5.71. The van der Waals surface area contributed by atoms with Gasteiger partial charge >= 0.3 is 5.97 Å². The lowest BCUT2D eigenvalue weighted by molar-refractivity contribution is -0.146. The molecule has 1 saturated carbocycles. The summed E-state index contributed by atoms with van der Waals surface area (Å²) >= 11 is 3.64. The number of hydrogen-bond acceptors (Lipinski definition) is 2. The first-order valence-electron chi connectivity index (χ1n) is 7.68. The molecule has 1 aliphatic rings. The maximum atomic E-state index is 11.6. The van der Waals surface area contributed by atoms with Crippen molar-refractivity contribution in [3.63, 3.8) is 0 Å². The SMILES string of the molecule is CCc1nn(C)c(CC2CC(C)(C)CCC2C(=O)O)c1Br. The van der Waals surface area contributed by atoms with Crippen LogP contribution in [-0.2, 0) is 24.7 Å². The predicted molar refractivity (Wildman–Crippen MR) is 86.2 cm³/mol. The van der Waals surface area contributed by atoms with Crippen LogP contribution in [0.25, 0.3) is 0 Å². The Balaban J connectivity index is 2.26. The van der Waals surface area contributed by atoms with E-state index in [1.807, 2.05) is 11.7 Å². The molecule has 0 aromatic carbocycles. The van der Waals surface area contributed by atoms with Crippen LogP contribution in [0.5, 0.6) is 0 Å². The molecule has 0 amide bonds. The van der Waals surface area contributed by atoms with E-state index < -0.39 is 5.97 Å². The number of carboxylic acid groups (broad SMARTS) is 1. The highest BCUT2D eigenvalue weighted by Crippen LogP contribution is 2.44. The number of halogens is 1. The van der Waals surface area contributed by atoms with Crippen molar-refractivity contribution in [1.82, 2.24) is 9.78 Å². The summed E-state index contributed by atoms with van der Waals surface area (Å²) < 4.78 is 2.96. The third-order valence-electron chi connectivity index (χ3n) is 4.79. The third kappa shape index (κ3) is 3.50. The molecule has 1 fully saturated rings. The summed E-state index contributed by atoms with van der Waals surface area (Å²) in [6, 6.07) is 0. The zero-order valence-electron chi connectivity index (χ0n) is 13.3. The molecule has 118 valence electrons. The Morgan fingerprint density at radius 3 is 2.71 bits per heavy atom. The van der Waals surface area contributed by atoms with E-state index in [-0.39, 0.29) is 17.3 Å². The molecule has 0 spiro atoms. The lowest BCUT2D eigenvalue weighted by Gasteiger charge is -2.39. The highest BCUT2D eigenvalue weighted by molar-refractivity contribution is 9.10. The molecule has 2 rings (SSSR count). The maximum Gasteiger partial charge on any atom is 0.306 e. The van der Waals surface area contributed by atoms with Gasteiger partial charge in [-0.2, -0.15) is 5.10 Å². The first-order chi connectivity index (χ1) is 9.75. The van der Waals surface area contributed by atoms with Gasteiger partial charge in [-0.3, -0.25) is 9.48 Å². The zero-order chi connectivity index (χ0) is 15.8. The predicted octanol–water partition coefficient (Wildman–Crippen LogP) is 3.81. The quantitative estimate of drug-likeness (QED) is 0.891. The van der Waals surface area contributed by atoms with Gasteiger partial charge in [-0.25, -0.2) is 0 Å². The smallest absolute Gasteiger partial charge is 0.306 e. The Kier molecular flexibility index (Phi) is 4.81. The van der Waals surface area contributed by atoms with E-state index in [2.05, 4.69) is 41.8 Å². The van der Waals surface area contributed by atoms with Gasteiger partial charge in [-0.15, -0.1) is 0 Å². The summed E-state index contributed by atoms with van der Waals surface area (Å²) in [4.78, 5) is 11.6. The van der Waals surface area contributed by atoms with Gasteiger partial charge in [0.2, 0.25) is 0 Å². The first kappa shape index (κ1) is 16.5. The Bertz CT molecular complexity index is 537. The van der Waals surface area contributed by atoms with E-state index in [1.54, 1.807) is 0 Å². The molecular weight excluding hydrogens is 332 g/mol. The van der Waals surface area contributed by atoms with E-state index in [9.17, 15) is 9.90 Å². The number of carboxylic acids is 1. The largest absolute Gasteiger partial charge is 0.481 e. The maximum absolute atomic E-state index is 11.6. The van der Waals surface area contributed by atoms with Crippen molar-refractivity contribution < 1.29 is 9.90 Å². The molecule has 4 nitrogen and oxygen atoms in total. The van der Waals surface area contributed by atoms with E-state index >= 15 is 0 Å². The average molecular weight is 357 g/mol. The van der Waals surface area contributed by atoms with Crippen molar-refractivity contribution in [2.24, 2.45) is 24.3 Å². The van der Waals surface area contributed by atoms with Crippen molar-refractivity contribution in [1.29, 1.82) is 0 Å². The molecule has 5 heteroatoms. The summed E-state index contributed by atoms with van der Waals surface area (Å²) in [5.74, 6) is -0.697. The number of nitrogens with zero attached hydrogens (tertiary/aromatic N) is 2. The highest BCUT2D eigenvalue weighted by atomic mass is 79.9. The minimum Gasteiger partial charge on any atom is -0.481 e. The molecule has 0 bridgehead atoms. The van der Waals surface area contributed by atoms with Gasteiger partial charge < -0.3 is 5.11 Å². The number of rotatable bonds is 4. The molecule has 1 aromatic rings. The summed E-state index contributed by atoms with van der Waals surface area (Å²) in [5.41, 5.74) is 2.41. The first-order valence-corrected chi connectivity index (χ1v) is 8.47. The normalized spacial score (nSPS) is 25.0. The Labute approximate surface area is 135 Å². The van der Waals surface area contributed by atoms with Crippen molar-refractivity contribution in [3.8, 4) is 0 Å². The van der Waals surface area contributed by atoms with Crippen LogP contribution >= 0.6 is 15.9 Å². The molecule has 1 aliphatic carbocycles. The number of hydrogen-bond donors (Lipinski definition) is 1. The molecule has 2 unspecified atom stereocenters. The van der Waals surface area contributed by atoms with Crippen LogP contribution in [0.4, 0.5) is 0 Å². The van der Waals surface area contributed by atoms with Crippen LogP contribution in [0.15, 0.2) is 4.47 Å². The van der Waals surface area contributed by atoms with Gasteiger partial charge in [0.05, 0.1) is 21.8 Å². The number of aromatic nitrogens is 2. The Morgan fingerprint density at radius 1 is 1.52 bits per heavy atom. The van der Waals surface area contributed by atoms with Crippen LogP contribution in [-0.4, -0.2) is 20.9 Å². The fourth-order valence-electron chi connectivity index (χ4n) is 3.57. The van der Waals surface area contributed by atoms with Crippen molar-refractivity contribution >= 4 is 21.9 Å². The van der Waals surface area contributed by atoms with Gasteiger partial charge in [0.1, 0.15) is 0 Å². The fourth-order valence-corrected chi connectivity index (χ4v) is 4.34. The lowest BCUT2D eigenvalue weighted by atomic mass is 9.66. The molecule has 1 aromatic heterocycles. The summed E-state index contributed by atoms with van der Waals surface area (Å²) in [5, 5.41) is 14.0. The lowest BCUT2D eigenvalue weighted by Crippen LogP contribution is -2.35. The van der Waals surface area contributed by atoms with E-state index in [4.69, 9.17) is 0 Å². The second kappa shape index (κ2) is 6.11. The Morgan fingerprint density at radius 2 is 2.19 bits per heavy atom. The van der Waals surface area contributed by atoms with Gasteiger partial charge in [0, 0.05) is 7.05 Å². The molecular formula is C16H25BrN2O2. The van der Waals surface area contributed by atoms with Crippen LogP contribution < -0.4 is 0 Å².